The quantitative estimate of drug-likeness (QED) is 0.835. The topological polar surface area (TPSA) is 52.7 Å². The third kappa shape index (κ3) is 3.74. The second-order valence-corrected chi connectivity index (χ2v) is 8.38. The normalized spacial score (nSPS) is 20.5. The number of rotatable bonds is 4. The SMILES string of the molecule is CNC(=O)C1CN(Cc2ccccc2)CC12CN(C(=O)c1ccc(F)c(Cl)c1)C2. The van der Waals surface area contributed by atoms with Crippen molar-refractivity contribution in [3.63, 3.8) is 0 Å². The van der Waals surface area contributed by atoms with Gasteiger partial charge in [-0.25, -0.2) is 4.39 Å². The molecule has 2 aliphatic rings. The average Bonchev–Trinajstić information content (AvgIpc) is 3.08. The molecular formula is C22H23ClFN3O2. The molecule has 0 bridgehead atoms. The van der Waals surface area contributed by atoms with Crippen LogP contribution in [0.15, 0.2) is 48.5 Å². The van der Waals surface area contributed by atoms with Gasteiger partial charge in [0.15, 0.2) is 0 Å². The fourth-order valence-electron chi connectivity index (χ4n) is 4.56. The Hall–Kier alpha value is -2.44. The predicted molar refractivity (Wildman–Crippen MR) is 109 cm³/mol. The fourth-order valence-corrected chi connectivity index (χ4v) is 4.74. The molecule has 1 spiro atoms. The first-order valence-corrected chi connectivity index (χ1v) is 10.0. The Balaban J connectivity index is 1.48. The third-order valence-corrected chi connectivity index (χ3v) is 6.29. The molecular weight excluding hydrogens is 393 g/mol. The number of hydrogen-bond acceptors (Lipinski definition) is 3. The fraction of sp³-hybridized carbons (Fsp3) is 0.364. The number of amides is 2. The summed E-state index contributed by atoms with van der Waals surface area (Å²) in [6, 6.07) is 14.2. The Morgan fingerprint density at radius 1 is 1.17 bits per heavy atom. The standard InChI is InChI=1S/C22H23ClFN3O2/c1-25-20(28)17-11-26(10-15-5-3-2-4-6-15)12-22(17)13-27(14-22)21(29)16-7-8-19(24)18(23)9-16/h2-9,17H,10-14H2,1H3,(H,25,28). The summed E-state index contributed by atoms with van der Waals surface area (Å²) in [5.41, 5.74) is 1.31. The zero-order valence-electron chi connectivity index (χ0n) is 16.2. The maximum absolute atomic E-state index is 13.4. The molecule has 0 radical (unpaired) electrons. The Morgan fingerprint density at radius 2 is 1.90 bits per heavy atom. The summed E-state index contributed by atoms with van der Waals surface area (Å²) < 4.78 is 13.4. The average molecular weight is 416 g/mol. The van der Waals surface area contributed by atoms with Crippen LogP contribution in [0.25, 0.3) is 0 Å². The molecule has 2 heterocycles. The van der Waals surface area contributed by atoms with Gasteiger partial charge in [0.05, 0.1) is 10.9 Å². The van der Waals surface area contributed by atoms with E-state index < -0.39 is 5.82 Å². The van der Waals surface area contributed by atoms with Gasteiger partial charge in [0, 0.05) is 50.7 Å². The van der Waals surface area contributed by atoms with Crippen LogP contribution in [0.4, 0.5) is 4.39 Å². The van der Waals surface area contributed by atoms with E-state index in [0.29, 0.717) is 25.2 Å². The Labute approximate surface area is 174 Å². The summed E-state index contributed by atoms with van der Waals surface area (Å²) >= 11 is 5.82. The van der Waals surface area contributed by atoms with E-state index in [9.17, 15) is 14.0 Å². The van der Waals surface area contributed by atoms with Crippen LogP contribution in [0.5, 0.6) is 0 Å². The van der Waals surface area contributed by atoms with Crippen molar-refractivity contribution in [2.45, 2.75) is 6.54 Å². The van der Waals surface area contributed by atoms with Crippen LogP contribution < -0.4 is 5.32 Å². The van der Waals surface area contributed by atoms with Crippen LogP contribution in [0.2, 0.25) is 5.02 Å². The lowest BCUT2D eigenvalue weighted by molar-refractivity contribution is -0.130. The lowest BCUT2D eigenvalue weighted by Crippen LogP contribution is -2.63. The van der Waals surface area contributed by atoms with Crippen LogP contribution in [0.1, 0.15) is 15.9 Å². The molecule has 4 rings (SSSR count). The molecule has 0 aliphatic carbocycles. The van der Waals surface area contributed by atoms with Crippen molar-refractivity contribution in [3.8, 4) is 0 Å². The molecule has 1 atom stereocenters. The number of carbonyl (C=O) groups is 2. The molecule has 2 amide bonds. The number of carbonyl (C=O) groups excluding carboxylic acids is 2. The van der Waals surface area contributed by atoms with E-state index in [2.05, 4.69) is 22.3 Å². The van der Waals surface area contributed by atoms with Gasteiger partial charge in [0.25, 0.3) is 5.91 Å². The zero-order valence-corrected chi connectivity index (χ0v) is 17.0. The van der Waals surface area contributed by atoms with E-state index >= 15 is 0 Å². The Morgan fingerprint density at radius 3 is 2.55 bits per heavy atom. The van der Waals surface area contributed by atoms with E-state index in [1.54, 1.807) is 11.9 Å². The Bertz CT molecular complexity index is 931. The third-order valence-electron chi connectivity index (χ3n) is 6.00. The van der Waals surface area contributed by atoms with Crippen LogP contribution in [-0.4, -0.2) is 54.8 Å². The maximum atomic E-state index is 13.4. The summed E-state index contributed by atoms with van der Waals surface area (Å²) in [5, 5.41) is 2.71. The van der Waals surface area contributed by atoms with E-state index in [1.165, 1.54) is 23.8 Å². The van der Waals surface area contributed by atoms with Crippen LogP contribution >= 0.6 is 11.6 Å². The summed E-state index contributed by atoms with van der Waals surface area (Å²) in [4.78, 5) is 29.3. The van der Waals surface area contributed by atoms with Gasteiger partial charge in [0.1, 0.15) is 5.82 Å². The second-order valence-electron chi connectivity index (χ2n) is 7.97. The minimum absolute atomic E-state index is 0.0116. The van der Waals surface area contributed by atoms with E-state index in [1.807, 2.05) is 18.2 Å². The van der Waals surface area contributed by atoms with Crippen molar-refractivity contribution < 1.29 is 14.0 Å². The monoisotopic (exact) mass is 415 g/mol. The van der Waals surface area contributed by atoms with Gasteiger partial charge in [-0.3, -0.25) is 14.5 Å². The molecule has 152 valence electrons. The molecule has 7 heteroatoms. The smallest absolute Gasteiger partial charge is 0.253 e. The van der Waals surface area contributed by atoms with Crippen LogP contribution in [0.3, 0.4) is 0 Å². The molecule has 0 aromatic heterocycles. The van der Waals surface area contributed by atoms with Gasteiger partial charge in [0.2, 0.25) is 5.91 Å². The molecule has 2 saturated heterocycles. The van der Waals surface area contributed by atoms with Crippen molar-refractivity contribution in [2.24, 2.45) is 11.3 Å². The molecule has 5 nitrogen and oxygen atoms in total. The number of likely N-dealkylation sites (tertiary alicyclic amines) is 2. The maximum Gasteiger partial charge on any atom is 0.253 e. The molecule has 29 heavy (non-hydrogen) atoms. The highest BCUT2D eigenvalue weighted by molar-refractivity contribution is 6.31. The number of nitrogens with one attached hydrogen (secondary N) is 1. The molecule has 1 unspecified atom stereocenters. The predicted octanol–water partition coefficient (Wildman–Crippen LogP) is 2.80. The van der Waals surface area contributed by atoms with Crippen molar-refractivity contribution in [1.82, 2.24) is 15.1 Å². The van der Waals surface area contributed by atoms with E-state index in [4.69, 9.17) is 11.6 Å². The van der Waals surface area contributed by atoms with Crippen molar-refractivity contribution in [1.29, 1.82) is 0 Å². The van der Waals surface area contributed by atoms with Gasteiger partial charge in [-0.2, -0.15) is 0 Å². The number of benzene rings is 2. The first-order valence-electron chi connectivity index (χ1n) is 9.64. The van der Waals surface area contributed by atoms with Gasteiger partial charge in [-0.15, -0.1) is 0 Å². The minimum atomic E-state index is -0.546. The molecule has 2 fully saturated rings. The van der Waals surface area contributed by atoms with Gasteiger partial charge in [-0.05, 0) is 23.8 Å². The minimum Gasteiger partial charge on any atom is -0.359 e. The van der Waals surface area contributed by atoms with E-state index in [-0.39, 0.29) is 28.2 Å². The van der Waals surface area contributed by atoms with E-state index in [0.717, 1.165) is 13.1 Å². The van der Waals surface area contributed by atoms with Gasteiger partial charge >= 0.3 is 0 Å². The molecule has 2 aromatic rings. The summed E-state index contributed by atoms with van der Waals surface area (Å²) in [5.74, 6) is -0.889. The summed E-state index contributed by atoms with van der Waals surface area (Å²) in [7, 11) is 1.65. The zero-order chi connectivity index (χ0) is 20.6. The first kappa shape index (κ1) is 19.9. The summed E-state index contributed by atoms with van der Waals surface area (Å²) in [6.45, 7) is 3.21. The number of hydrogen-bond donors (Lipinski definition) is 1. The lowest BCUT2D eigenvalue weighted by Gasteiger charge is -2.50. The second kappa shape index (κ2) is 7.76. The van der Waals surface area contributed by atoms with Crippen LogP contribution in [-0.2, 0) is 11.3 Å². The molecule has 2 aliphatic heterocycles. The molecule has 2 aromatic carbocycles. The number of nitrogens with zero attached hydrogens (tertiary/aromatic N) is 2. The summed E-state index contributed by atoms with van der Waals surface area (Å²) in [6.07, 6.45) is 0. The molecule has 0 saturated carbocycles. The highest BCUT2D eigenvalue weighted by atomic mass is 35.5. The van der Waals surface area contributed by atoms with Crippen molar-refractivity contribution in [3.05, 3.63) is 70.5 Å². The molecule has 1 N–H and O–H groups in total. The highest BCUT2D eigenvalue weighted by Crippen LogP contribution is 2.45. The highest BCUT2D eigenvalue weighted by Gasteiger charge is 2.57. The lowest BCUT2D eigenvalue weighted by atomic mass is 9.71. The van der Waals surface area contributed by atoms with Gasteiger partial charge < -0.3 is 10.2 Å². The first-order chi connectivity index (χ1) is 13.9. The Kier molecular flexibility index (Phi) is 5.32. The van der Waals surface area contributed by atoms with Gasteiger partial charge in [-0.1, -0.05) is 41.9 Å². The van der Waals surface area contributed by atoms with Crippen molar-refractivity contribution >= 4 is 23.4 Å². The van der Waals surface area contributed by atoms with Crippen LogP contribution in [0, 0.1) is 17.2 Å². The number of halogens is 2. The largest absolute Gasteiger partial charge is 0.359 e. The van der Waals surface area contributed by atoms with Crippen molar-refractivity contribution in [2.75, 3.05) is 33.2 Å².